The van der Waals surface area contributed by atoms with Gasteiger partial charge in [0.25, 0.3) is 0 Å². The Morgan fingerprint density at radius 1 is 1.02 bits per heavy atom. The van der Waals surface area contributed by atoms with E-state index in [4.69, 9.17) is 18.9 Å². The van der Waals surface area contributed by atoms with Crippen LogP contribution in [0.4, 0.5) is 23.8 Å². The van der Waals surface area contributed by atoms with Crippen LogP contribution in [0.3, 0.4) is 0 Å². The van der Waals surface area contributed by atoms with Gasteiger partial charge in [0.05, 0.1) is 55.1 Å². The molecular formula is C36H50F3N7O6S. The molecule has 2 unspecified atom stereocenters. The number of alkyl carbamates (subject to hydrolysis) is 1. The number of alkyl halides is 3. The van der Waals surface area contributed by atoms with Gasteiger partial charge in [-0.2, -0.15) is 23.4 Å². The summed E-state index contributed by atoms with van der Waals surface area (Å²) in [6.07, 6.45) is 4.01. The molecule has 0 aliphatic carbocycles. The van der Waals surface area contributed by atoms with Crippen LogP contribution < -0.4 is 10.6 Å². The fourth-order valence-electron chi connectivity index (χ4n) is 5.54. The van der Waals surface area contributed by atoms with Crippen molar-refractivity contribution in [1.82, 2.24) is 29.6 Å². The lowest BCUT2D eigenvalue weighted by atomic mass is 9.89. The lowest BCUT2D eigenvalue weighted by Crippen LogP contribution is -2.45. The van der Waals surface area contributed by atoms with Crippen molar-refractivity contribution in [2.75, 3.05) is 58.4 Å². The summed E-state index contributed by atoms with van der Waals surface area (Å²) in [5.41, 5.74) is -5.23. The molecule has 13 nitrogen and oxygen atoms in total. The third-order valence-electron chi connectivity index (χ3n) is 7.76. The van der Waals surface area contributed by atoms with Crippen molar-refractivity contribution in [1.29, 1.82) is 0 Å². The van der Waals surface area contributed by atoms with Gasteiger partial charge in [0, 0.05) is 25.4 Å². The van der Waals surface area contributed by atoms with Crippen molar-refractivity contribution in [3.63, 3.8) is 0 Å². The minimum Gasteiger partial charge on any atom is -0.456 e. The van der Waals surface area contributed by atoms with E-state index in [-0.39, 0.29) is 46.4 Å². The fourth-order valence-corrected chi connectivity index (χ4v) is 6.22. The first-order valence-corrected chi connectivity index (χ1v) is 18.3. The summed E-state index contributed by atoms with van der Waals surface area (Å²) in [5, 5.41) is 14.7. The summed E-state index contributed by atoms with van der Waals surface area (Å²) < 4.78 is 66.2. The van der Waals surface area contributed by atoms with Gasteiger partial charge in [-0.15, -0.1) is 0 Å². The maximum atomic E-state index is 13.7. The number of aromatic nitrogens is 4. The Labute approximate surface area is 312 Å². The molecule has 2 N–H and O–H groups in total. The number of fused-ring (bicyclic) bond motifs is 1. The Kier molecular flexibility index (Phi) is 14.5. The van der Waals surface area contributed by atoms with Crippen molar-refractivity contribution < 1.29 is 41.7 Å². The third kappa shape index (κ3) is 14.1. The maximum Gasteiger partial charge on any atom is 0.446 e. The van der Waals surface area contributed by atoms with E-state index in [0.29, 0.717) is 44.4 Å². The Balaban J connectivity index is 1.31. The van der Waals surface area contributed by atoms with Gasteiger partial charge in [0.15, 0.2) is 0 Å². The smallest absolute Gasteiger partial charge is 0.446 e. The molecule has 4 heterocycles. The summed E-state index contributed by atoms with van der Waals surface area (Å²) in [4.78, 5) is 26.3. The predicted molar refractivity (Wildman–Crippen MR) is 195 cm³/mol. The lowest BCUT2D eigenvalue weighted by Gasteiger charge is -2.37. The molecule has 1 saturated heterocycles. The van der Waals surface area contributed by atoms with Gasteiger partial charge in [0.2, 0.25) is 0 Å². The largest absolute Gasteiger partial charge is 0.456 e. The van der Waals surface area contributed by atoms with Gasteiger partial charge in [-0.3, -0.25) is 4.68 Å². The molecule has 3 aromatic rings. The zero-order valence-electron chi connectivity index (χ0n) is 31.3. The Morgan fingerprint density at radius 2 is 1.74 bits per heavy atom. The summed E-state index contributed by atoms with van der Waals surface area (Å²) in [7, 11) is 2.06. The van der Waals surface area contributed by atoms with Crippen LogP contribution >= 0.6 is 11.8 Å². The second-order valence-electron chi connectivity index (χ2n) is 14.7. The van der Waals surface area contributed by atoms with E-state index in [1.165, 1.54) is 10.7 Å². The Hall–Kier alpha value is -3.98. The number of piperidine rings is 1. The topological polar surface area (TPSA) is 133 Å². The van der Waals surface area contributed by atoms with Crippen LogP contribution in [0.1, 0.15) is 70.4 Å². The molecule has 4 rings (SSSR count). The number of ether oxygens (including phenoxy) is 4. The quantitative estimate of drug-likeness (QED) is 0.0890. The molecule has 0 saturated carbocycles. The fraction of sp³-hybridized carbons (Fsp3) is 0.611. The SMILES string of the molecule is CN1CCC(Nc2cccc3c(SC(F)(F)F)c(C#CCNC(=O)OC(C)(C)C)nn23)C(CCOCCOCCn2cc(C(=O)OC(C)(C)C)cn2)C1. The predicted octanol–water partition coefficient (Wildman–Crippen LogP) is 5.83. The summed E-state index contributed by atoms with van der Waals surface area (Å²) in [6.45, 7) is 14.3. The standard InChI is InChI=1S/C36H50F3N7O6S/c1-34(2,3)51-32(47)26-22-41-45(24-26)17-19-50-21-20-49-18-14-25-23-44(7)16-13-27(25)42-30-12-8-11-29-31(53-36(37,38)39)28(43-46(29)30)10-9-15-40-33(48)52-35(4,5)6/h8,11-12,22,24-25,27,42H,13-21,23H2,1-7H3,(H,40,48). The number of esters is 1. The van der Waals surface area contributed by atoms with Gasteiger partial charge in [-0.1, -0.05) is 12.0 Å². The molecular weight excluding hydrogens is 715 g/mol. The number of amides is 1. The Morgan fingerprint density at radius 3 is 2.43 bits per heavy atom. The molecule has 0 radical (unpaired) electrons. The number of rotatable bonds is 14. The monoisotopic (exact) mass is 765 g/mol. The van der Waals surface area contributed by atoms with E-state index >= 15 is 0 Å². The first-order chi connectivity index (χ1) is 24.9. The number of likely N-dealkylation sites (tertiary alicyclic amines) is 1. The van der Waals surface area contributed by atoms with E-state index in [0.717, 1.165) is 25.9 Å². The van der Waals surface area contributed by atoms with Gasteiger partial charge < -0.3 is 34.5 Å². The highest BCUT2D eigenvalue weighted by Crippen LogP contribution is 2.41. The number of halogens is 3. The number of hydrogen-bond donors (Lipinski definition) is 2. The number of nitrogens with zero attached hydrogens (tertiary/aromatic N) is 5. The molecule has 3 aromatic heterocycles. The number of nitrogens with one attached hydrogen (secondary N) is 2. The molecule has 0 aromatic carbocycles. The van der Waals surface area contributed by atoms with Gasteiger partial charge >= 0.3 is 17.6 Å². The van der Waals surface area contributed by atoms with E-state index in [2.05, 4.69) is 44.6 Å². The van der Waals surface area contributed by atoms with E-state index in [9.17, 15) is 22.8 Å². The van der Waals surface area contributed by atoms with Crippen molar-refractivity contribution in [2.24, 2.45) is 5.92 Å². The third-order valence-corrected chi connectivity index (χ3v) is 8.60. The zero-order chi connectivity index (χ0) is 38.8. The number of pyridine rings is 1. The van der Waals surface area contributed by atoms with Crippen molar-refractivity contribution >= 4 is 35.2 Å². The number of hydrogen-bond acceptors (Lipinski definition) is 11. The zero-order valence-corrected chi connectivity index (χ0v) is 32.2. The van der Waals surface area contributed by atoms with Crippen LogP contribution in [-0.2, 0) is 25.5 Å². The summed E-state index contributed by atoms with van der Waals surface area (Å²) in [5.74, 6) is 5.73. The van der Waals surface area contributed by atoms with Crippen molar-refractivity contribution in [3.05, 3.63) is 41.9 Å². The Bertz CT molecular complexity index is 1740. The second-order valence-corrected chi connectivity index (χ2v) is 15.7. The molecule has 1 aliphatic heterocycles. The van der Waals surface area contributed by atoms with Crippen LogP contribution in [0.5, 0.6) is 0 Å². The normalized spacial score (nSPS) is 16.9. The molecule has 1 aliphatic rings. The number of carbonyl (C=O) groups excluding carboxylic acids is 2. The molecule has 0 spiro atoms. The maximum absolute atomic E-state index is 13.7. The minimum absolute atomic E-state index is 0.0202. The highest BCUT2D eigenvalue weighted by atomic mass is 32.2. The van der Waals surface area contributed by atoms with Gasteiger partial charge in [-0.25, -0.2) is 14.1 Å². The number of anilines is 1. The first kappa shape index (κ1) is 41.8. The van der Waals surface area contributed by atoms with Crippen molar-refractivity contribution in [2.45, 2.75) is 88.6 Å². The van der Waals surface area contributed by atoms with E-state index < -0.39 is 28.8 Å². The summed E-state index contributed by atoms with van der Waals surface area (Å²) >= 11 is -0.266. The van der Waals surface area contributed by atoms with E-state index in [1.807, 2.05) is 20.8 Å². The van der Waals surface area contributed by atoms with Crippen LogP contribution in [-0.4, -0.2) is 112 Å². The minimum atomic E-state index is -4.56. The molecule has 2 atom stereocenters. The molecule has 53 heavy (non-hydrogen) atoms. The number of carbonyl (C=O) groups is 2. The average molecular weight is 766 g/mol. The molecule has 1 fully saturated rings. The summed E-state index contributed by atoms with van der Waals surface area (Å²) in [6, 6.07) is 5.08. The van der Waals surface area contributed by atoms with Crippen molar-refractivity contribution in [3.8, 4) is 11.8 Å². The molecule has 17 heteroatoms. The van der Waals surface area contributed by atoms with Gasteiger partial charge in [0.1, 0.15) is 22.7 Å². The molecule has 292 valence electrons. The first-order valence-electron chi connectivity index (χ1n) is 17.5. The van der Waals surface area contributed by atoms with Crippen LogP contribution in [0, 0.1) is 17.8 Å². The highest BCUT2D eigenvalue weighted by molar-refractivity contribution is 8.00. The van der Waals surface area contributed by atoms with Crippen LogP contribution in [0.15, 0.2) is 35.5 Å². The van der Waals surface area contributed by atoms with Crippen LogP contribution in [0.2, 0.25) is 0 Å². The second kappa shape index (κ2) is 18.4. The lowest BCUT2D eigenvalue weighted by molar-refractivity contribution is -0.0328. The van der Waals surface area contributed by atoms with Gasteiger partial charge in [-0.05, 0) is 104 Å². The average Bonchev–Trinajstić information content (AvgIpc) is 3.65. The number of thioether (sulfide) groups is 1. The molecule has 0 bridgehead atoms. The van der Waals surface area contributed by atoms with Crippen LogP contribution in [0.25, 0.3) is 5.52 Å². The highest BCUT2D eigenvalue weighted by Gasteiger charge is 2.34. The van der Waals surface area contributed by atoms with E-state index in [1.54, 1.807) is 49.8 Å². The molecule has 1 amide bonds.